The first-order valence-electron chi connectivity index (χ1n) is 9.75. The van der Waals surface area contributed by atoms with Gasteiger partial charge in [-0.2, -0.15) is 4.31 Å². The standard InChI is InChI=1S/C21H21FN4O3S2/c1-13-5-10-17(12-14(13)2)31(28,29)26-11-3-4-18(26)20-24-25-21(30-20)19(27)23-16-8-6-15(22)7-9-16/h5-10,12,18H,3-4,11H2,1-2H3,(H,23,27). The Hall–Kier alpha value is -2.69. The molecule has 3 aromatic rings. The number of hydrogen-bond donors (Lipinski definition) is 1. The summed E-state index contributed by atoms with van der Waals surface area (Å²) in [5, 5.41) is 11.3. The van der Waals surface area contributed by atoms with Gasteiger partial charge in [-0.1, -0.05) is 17.4 Å². The van der Waals surface area contributed by atoms with Crippen molar-refractivity contribution in [3.63, 3.8) is 0 Å². The quantitative estimate of drug-likeness (QED) is 0.620. The van der Waals surface area contributed by atoms with E-state index in [1.54, 1.807) is 18.2 Å². The number of halogens is 1. The number of aryl methyl sites for hydroxylation is 2. The Bertz CT molecular complexity index is 1230. The van der Waals surface area contributed by atoms with Gasteiger partial charge in [-0.25, -0.2) is 12.8 Å². The summed E-state index contributed by atoms with van der Waals surface area (Å²) in [6, 6.07) is 10.0. The zero-order valence-electron chi connectivity index (χ0n) is 17.0. The normalized spacial score (nSPS) is 17.1. The van der Waals surface area contributed by atoms with Gasteiger partial charge in [0.05, 0.1) is 10.9 Å². The van der Waals surface area contributed by atoms with Gasteiger partial charge >= 0.3 is 0 Å². The summed E-state index contributed by atoms with van der Waals surface area (Å²) in [5.41, 5.74) is 2.37. The Morgan fingerprint density at radius 2 is 1.87 bits per heavy atom. The first kappa shape index (κ1) is 21.5. The maximum atomic E-state index is 13.3. The van der Waals surface area contributed by atoms with Gasteiger partial charge in [-0.3, -0.25) is 4.79 Å². The summed E-state index contributed by atoms with van der Waals surface area (Å²) in [5.74, 6) is -0.876. The van der Waals surface area contributed by atoms with Crippen LogP contribution >= 0.6 is 11.3 Å². The molecule has 0 radical (unpaired) electrons. The van der Waals surface area contributed by atoms with Crippen LogP contribution in [-0.4, -0.2) is 35.4 Å². The lowest BCUT2D eigenvalue weighted by molar-refractivity contribution is 0.102. The molecular formula is C21H21FN4O3S2. The molecule has 1 fully saturated rings. The van der Waals surface area contributed by atoms with Crippen molar-refractivity contribution in [3.05, 3.63) is 69.4 Å². The number of amides is 1. The van der Waals surface area contributed by atoms with Crippen LogP contribution in [0.25, 0.3) is 0 Å². The number of carbonyl (C=O) groups excluding carboxylic acids is 1. The molecule has 1 aliphatic heterocycles. The van der Waals surface area contributed by atoms with Crippen LogP contribution in [-0.2, 0) is 10.0 Å². The zero-order valence-corrected chi connectivity index (χ0v) is 18.6. The molecule has 162 valence electrons. The number of nitrogens with one attached hydrogen (secondary N) is 1. The molecule has 1 aromatic heterocycles. The van der Waals surface area contributed by atoms with E-state index in [4.69, 9.17) is 0 Å². The van der Waals surface area contributed by atoms with Crippen LogP contribution < -0.4 is 5.32 Å². The van der Waals surface area contributed by atoms with E-state index in [1.807, 2.05) is 13.8 Å². The summed E-state index contributed by atoms with van der Waals surface area (Å²) in [4.78, 5) is 12.7. The minimum absolute atomic E-state index is 0.120. The molecule has 0 spiro atoms. The topological polar surface area (TPSA) is 92.3 Å². The highest BCUT2D eigenvalue weighted by Gasteiger charge is 2.38. The Morgan fingerprint density at radius 3 is 2.58 bits per heavy atom. The molecule has 2 aromatic carbocycles. The van der Waals surface area contributed by atoms with Gasteiger partial charge in [-0.05, 0) is 74.2 Å². The Labute approximate surface area is 184 Å². The molecule has 0 bridgehead atoms. The predicted octanol–water partition coefficient (Wildman–Crippen LogP) is 4.07. The first-order chi connectivity index (χ1) is 14.8. The molecule has 10 heteroatoms. The Kier molecular flexibility index (Phi) is 5.87. The van der Waals surface area contributed by atoms with Gasteiger partial charge in [-0.15, -0.1) is 10.2 Å². The maximum absolute atomic E-state index is 13.3. The maximum Gasteiger partial charge on any atom is 0.286 e. The second kappa shape index (κ2) is 8.45. The van der Waals surface area contributed by atoms with Crippen LogP contribution in [0.15, 0.2) is 47.4 Å². The molecule has 4 rings (SSSR count). The molecule has 1 saturated heterocycles. The lowest BCUT2D eigenvalue weighted by atomic mass is 10.1. The first-order valence-corrected chi connectivity index (χ1v) is 12.0. The van der Waals surface area contributed by atoms with Crippen LogP contribution in [0, 0.1) is 19.7 Å². The van der Waals surface area contributed by atoms with Crippen molar-refractivity contribution in [1.29, 1.82) is 0 Å². The van der Waals surface area contributed by atoms with Crippen LogP contribution in [0.2, 0.25) is 0 Å². The van der Waals surface area contributed by atoms with Crippen LogP contribution in [0.1, 0.15) is 44.8 Å². The molecule has 31 heavy (non-hydrogen) atoms. The van der Waals surface area contributed by atoms with Crippen molar-refractivity contribution < 1.29 is 17.6 Å². The molecule has 0 aliphatic carbocycles. The number of carbonyl (C=O) groups is 1. The van der Waals surface area contributed by atoms with Crippen LogP contribution in [0.3, 0.4) is 0 Å². The third-order valence-corrected chi connectivity index (χ3v) is 8.24. The van der Waals surface area contributed by atoms with Gasteiger partial charge in [0, 0.05) is 12.2 Å². The van der Waals surface area contributed by atoms with Crippen molar-refractivity contribution in [2.75, 3.05) is 11.9 Å². The van der Waals surface area contributed by atoms with E-state index in [9.17, 15) is 17.6 Å². The largest absolute Gasteiger partial charge is 0.320 e. The fourth-order valence-corrected chi connectivity index (χ4v) is 6.16. The third-order valence-electron chi connectivity index (χ3n) is 5.31. The zero-order chi connectivity index (χ0) is 22.2. The summed E-state index contributed by atoms with van der Waals surface area (Å²) in [6.07, 6.45) is 1.31. The third kappa shape index (κ3) is 4.36. The average Bonchev–Trinajstić information content (AvgIpc) is 3.41. The molecule has 1 atom stereocenters. The van der Waals surface area contributed by atoms with Crippen LogP contribution in [0.4, 0.5) is 10.1 Å². The van der Waals surface area contributed by atoms with E-state index in [-0.39, 0.29) is 9.90 Å². The molecule has 1 N–H and O–H groups in total. The lowest BCUT2D eigenvalue weighted by Crippen LogP contribution is -2.30. The van der Waals surface area contributed by atoms with Crippen molar-refractivity contribution in [1.82, 2.24) is 14.5 Å². The van der Waals surface area contributed by atoms with Crippen molar-refractivity contribution in [3.8, 4) is 0 Å². The Morgan fingerprint density at radius 1 is 1.13 bits per heavy atom. The van der Waals surface area contributed by atoms with E-state index in [2.05, 4.69) is 15.5 Å². The highest BCUT2D eigenvalue weighted by atomic mass is 32.2. The number of hydrogen-bond acceptors (Lipinski definition) is 6. The highest BCUT2D eigenvalue weighted by Crippen LogP contribution is 2.38. The van der Waals surface area contributed by atoms with Gasteiger partial charge in [0.1, 0.15) is 10.8 Å². The number of rotatable bonds is 5. The fraction of sp³-hybridized carbons (Fsp3) is 0.286. The molecule has 7 nitrogen and oxygen atoms in total. The van der Waals surface area contributed by atoms with E-state index in [1.165, 1.54) is 28.6 Å². The van der Waals surface area contributed by atoms with E-state index in [0.717, 1.165) is 22.5 Å². The number of nitrogens with zero attached hydrogens (tertiary/aromatic N) is 3. The summed E-state index contributed by atoms with van der Waals surface area (Å²) < 4.78 is 41.0. The number of benzene rings is 2. The number of aromatic nitrogens is 2. The van der Waals surface area contributed by atoms with Crippen LogP contribution in [0.5, 0.6) is 0 Å². The number of anilines is 1. The summed E-state index contributed by atoms with van der Waals surface area (Å²) >= 11 is 1.07. The predicted molar refractivity (Wildman–Crippen MR) is 116 cm³/mol. The van der Waals surface area contributed by atoms with Gasteiger partial charge in [0.25, 0.3) is 5.91 Å². The SMILES string of the molecule is Cc1ccc(S(=O)(=O)N2CCCC2c2nnc(C(=O)Nc3ccc(F)cc3)s2)cc1C. The van der Waals surface area contributed by atoms with Crippen molar-refractivity contribution in [2.45, 2.75) is 37.6 Å². The van der Waals surface area contributed by atoms with Gasteiger partial charge < -0.3 is 5.32 Å². The van der Waals surface area contributed by atoms with Crippen molar-refractivity contribution in [2.24, 2.45) is 0 Å². The molecule has 0 saturated carbocycles. The molecule has 1 aliphatic rings. The van der Waals surface area contributed by atoms with E-state index in [0.29, 0.717) is 30.1 Å². The Balaban J connectivity index is 1.55. The molecule has 1 amide bonds. The second-order valence-electron chi connectivity index (χ2n) is 7.43. The second-order valence-corrected chi connectivity index (χ2v) is 10.3. The monoisotopic (exact) mass is 460 g/mol. The molecule has 2 heterocycles. The van der Waals surface area contributed by atoms with E-state index < -0.39 is 27.8 Å². The highest BCUT2D eigenvalue weighted by molar-refractivity contribution is 7.89. The molecular weight excluding hydrogens is 439 g/mol. The van der Waals surface area contributed by atoms with E-state index >= 15 is 0 Å². The number of sulfonamides is 1. The lowest BCUT2D eigenvalue weighted by Gasteiger charge is -2.22. The average molecular weight is 461 g/mol. The summed E-state index contributed by atoms with van der Waals surface area (Å²) in [7, 11) is -3.70. The minimum atomic E-state index is -3.70. The van der Waals surface area contributed by atoms with Gasteiger partial charge in [0.2, 0.25) is 15.0 Å². The molecule has 1 unspecified atom stereocenters. The van der Waals surface area contributed by atoms with Crippen molar-refractivity contribution >= 4 is 33.0 Å². The van der Waals surface area contributed by atoms with Gasteiger partial charge in [0.15, 0.2) is 0 Å². The smallest absolute Gasteiger partial charge is 0.286 e. The fourth-order valence-electron chi connectivity index (χ4n) is 3.46. The minimum Gasteiger partial charge on any atom is -0.320 e. The summed E-state index contributed by atoms with van der Waals surface area (Å²) in [6.45, 7) is 4.20.